The monoisotopic (exact) mass is 341 g/mol. The van der Waals surface area contributed by atoms with Crippen molar-refractivity contribution in [3.63, 3.8) is 0 Å². The van der Waals surface area contributed by atoms with Crippen molar-refractivity contribution in [1.82, 2.24) is 5.32 Å². The van der Waals surface area contributed by atoms with Gasteiger partial charge in [-0.3, -0.25) is 14.9 Å². The van der Waals surface area contributed by atoms with Crippen LogP contribution in [0.2, 0.25) is 0 Å². The highest BCUT2D eigenvalue weighted by Gasteiger charge is 2.25. The van der Waals surface area contributed by atoms with Gasteiger partial charge in [-0.25, -0.2) is 0 Å². The number of hydrogen-bond donors (Lipinski definition) is 2. The molecular formula is C18H19N3O4. The van der Waals surface area contributed by atoms with Crippen molar-refractivity contribution in [2.24, 2.45) is 0 Å². The predicted octanol–water partition coefficient (Wildman–Crippen LogP) is 3.11. The maximum absolute atomic E-state index is 12.3. The van der Waals surface area contributed by atoms with E-state index in [4.69, 9.17) is 4.74 Å². The van der Waals surface area contributed by atoms with E-state index in [-0.39, 0.29) is 17.2 Å². The zero-order valence-corrected chi connectivity index (χ0v) is 13.8. The Morgan fingerprint density at radius 1 is 1.24 bits per heavy atom. The van der Waals surface area contributed by atoms with E-state index in [2.05, 4.69) is 10.6 Å². The number of carbonyl (C=O) groups excluding carboxylic acids is 1. The highest BCUT2D eigenvalue weighted by Crippen LogP contribution is 2.31. The van der Waals surface area contributed by atoms with Crippen LogP contribution in [-0.4, -0.2) is 24.0 Å². The average molecular weight is 341 g/mol. The van der Waals surface area contributed by atoms with E-state index >= 15 is 0 Å². The van der Waals surface area contributed by atoms with Gasteiger partial charge in [-0.1, -0.05) is 12.1 Å². The lowest BCUT2D eigenvalue weighted by molar-refractivity contribution is -0.384. The molecule has 3 rings (SSSR count). The van der Waals surface area contributed by atoms with Crippen LogP contribution in [0.5, 0.6) is 5.75 Å². The third kappa shape index (κ3) is 4.26. The number of nitro benzene ring substituents is 1. The second kappa shape index (κ2) is 7.21. The van der Waals surface area contributed by atoms with Gasteiger partial charge in [-0.2, -0.15) is 0 Å². The van der Waals surface area contributed by atoms with Gasteiger partial charge in [-0.15, -0.1) is 0 Å². The molecule has 25 heavy (non-hydrogen) atoms. The highest BCUT2D eigenvalue weighted by atomic mass is 16.6. The SMILES string of the molecule is COc1ccc(CNC(=O)c2ccc(NC3CC3)c([N+](=O)[O-])c2)cc1. The van der Waals surface area contributed by atoms with E-state index in [1.54, 1.807) is 19.2 Å². The smallest absolute Gasteiger partial charge is 0.293 e. The van der Waals surface area contributed by atoms with Gasteiger partial charge < -0.3 is 15.4 Å². The summed E-state index contributed by atoms with van der Waals surface area (Å²) in [5, 5.41) is 17.1. The number of rotatable bonds is 7. The van der Waals surface area contributed by atoms with Gasteiger partial charge in [0.05, 0.1) is 12.0 Å². The Balaban J connectivity index is 1.68. The minimum absolute atomic E-state index is 0.0796. The number of hydrogen-bond acceptors (Lipinski definition) is 5. The lowest BCUT2D eigenvalue weighted by Gasteiger charge is -2.09. The van der Waals surface area contributed by atoms with E-state index in [0.717, 1.165) is 24.2 Å². The summed E-state index contributed by atoms with van der Waals surface area (Å²) >= 11 is 0. The van der Waals surface area contributed by atoms with Crippen LogP contribution in [0.25, 0.3) is 0 Å². The molecule has 0 saturated heterocycles. The normalized spacial score (nSPS) is 13.2. The largest absolute Gasteiger partial charge is 0.497 e. The topological polar surface area (TPSA) is 93.5 Å². The zero-order valence-electron chi connectivity index (χ0n) is 13.8. The number of amides is 1. The molecule has 0 aliphatic heterocycles. The van der Waals surface area contributed by atoms with Gasteiger partial charge in [0, 0.05) is 24.2 Å². The van der Waals surface area contributed by atoms with Crippen LogP contribution >= 0.6 is 0 Å². The third-order valence-electron chi connectivity index (χ3n) is 4.01. The standard InChI is InChI=1S/C18H19N3O4/c1-25-15-7-2-12(3-8-15)11-19-18(22)13-4-9-16(20-14-5-6-14)17(10-13)21(23)24/h2-4,7-10,14,20H,5-6,11H2,1H3,(H,19,22). The quantitative estimate of drug-likeness (QED) is 0.596. The van der Waals surface area contributed by atoms with Crippen molar-refractivity contribution in [3.8, 4) is 5.75 Å². The van der Waals surface area contributed by atoms with Crippen LogP contribution in [-0.2, 0) is 6.54 Å². The Morgan fingerprint density at radius 2 is 1.96 bits per heavy atom. The fraction of sp³-hybridized carbons (Fsp3) is 0.278. The Labute approximate surface area is 145 Å². The molecule has 1 aliphatic rings. The molecule has 0 radical (unpaired) electrons. The molecule has 0 heterocycles. The minimum atomic E-state index is -0.467. The maximum atomic E-state index is 12.3. The highest BCUT2D eigenvalue weighted by molar-refractivity contribution is 5.95. The van der Waals surface area contributed by atoms with Gasteiger partial charge in [-0.05, 0) is 42.7 Å². The summed E-state index contributed by atoms with van der Waals surface area (Å²) in [7, 11) is 1.59. The van der Waals surface area contributed by atoms with Crippen molar-refractivity contribution in [2.75, 3.05) is 12.4 Å². The first-order valence-corrected chi connectivity index (χ1v) is 8.03. The third-order valence-corrected chi connectivity index (χ3v) is 4.01. The first-order valence-electron chi connectivity index (χ1n) is 8.03. The fourth-order valence-corrected chi connectivity index (χ4v) is 2.42. The second-order valence-corrected chi connectivity index (χ2v) is 5.94. The van der Waals surface area contributed by atoms with Gasteiger partial charge >= 0.3 is 0 Å². The van der Waals surface area contributed by atoms with Crippen LogP contribution in [0.15, 0.2) is 42.5 Å². The number of ether oxygens (including phenoxy) is 1. The van der Waals surface area contributed by atoms with Crippen LogP contribution in [0.3, 0.4) is 0 Å². The van der Waals surface area contributed by atoms with Crippen molar-refractivity contribution in [2.45, 2.75) is 25.4 Å². The number of nitrogens with one attached hydrogen (secondary N) is 2. The van der Waals surface area contributed by atoms with Gasteiger partial charge in [0.25, 0.3) is 11.6 Å². The molecular weight excluding hydrogens is 322 g/mol. The Morgan fingerprint density at radius 3 is 2.56 bits per heavy atom. The maximum Gasteiger partial charge on any atom is 0.293 e. The number of methoxy groups -OCH3 is 1. The van der Waals surface area contributed by atoms with Crippen LogP contribution in [0, 0.1) is 10.1 Å². The number of anilines is 1. The molecule has 1 fully saturated rings. The number of benzene rings is 2. The molecule has 7 heteroatoms. The first kappa shape index (κ1) is 16.8. The van der Waals surface area contributed by atoms with Crippen LogP contribution < -0.4 is 15.4 Å². The van der Waals surface area contributed by atoms with Crippen molar-refractivity contribution < 1.29 is 14.5 Å². The lowest BCUT2D eigenvalue weighted by atomic mass is 10.1. The minimum Gasteiger partial charge on any atom is -0.497 e. The summed E-state index contributed by atoms with van der Waals surface area (Å²) in [6.45, 7) is 0.332. The van der Waals surface area contributed by atoms with Crippen molar-refractivity contribution in [3.05, 3.63) is 63.7 Å². The molecule has 1 saturated carbocycles. The summed E-state index contributed by atoms with van der Waals surface area (Å²) in [6, 6.07) is 12.1. The van der Waals surface area contributed by atoms with Crippen molar-refractivity contribution in [1.29, 1.82) is 0 Å². The molecule has 0 spiro atoms. The number of carbonyl (C=O) groups is 1. The summed E-state index contributed by atoms with van der Waals surface area (Å²) in [5.74, 6) is 0.390. The molecule has 0 bridgehead atoms. The van der Waals surface area contributed by atoms with Crippen LogP contribution in [0.4, 0.5) is 11.4 Å². The Kier molecular flexibility index (Phi) is 4.83. The Hall–Kier alpha value is -3.09. The molecule has 2 aromatic carbocycles. The summed E-state index contributed by atoms with van der Waals surface area (Å²) in [6.07, 6.45) is 2.03. The Bertz CT molecular complexity index is 785. The summed E-state index contributed by atoms with van der Waals surface area (Å²) < 4.78 is 5.09. The molecule has 0 atom stereocenters. The molecule has 2 aromatic rings. The van der Waals surface area contributed by atoms with Crippen molar-refractivity contribution >= 4 is 17.3 Å². The first-order chi connectivity index (χ1) is 12.1. The van der Waals surface area contributed by atoms with Gasteiger partial charge in [0.2, 0.25) is 0 Å². The van der Waals surface area contributed by atoms with E-state index in [9.17, 15) is 14.9 Å². The zero-order chi connectivity index (χ0) is 17.8. The fourth-order valence-electron chi connectivity index (χ4n) is 2.42. The van der Waals surface area contributed by atoms with Gasteiger partial charge in [0.15, 0.2) is 0 Å². The predicted molar refractivity (Wildman–Crippen MR) is 93.9 cm³/mol. The van der Waals surface area contributed by atoms with Gasteiger partial charge in [0.1, 0.15) is 11.4 Å². The van der Waals surface area contributed by atoms with Crippen LogP contribution in [0.1, 0.15) is 28.8 Å². The summed E-state index contributed by atoms with van der Waals surface area (Å²) in [5.41, 5.74) is 1.56. The molecule has 7 nitrogen and oxygen atoms in total. The molecule has 130 valence electrons. The molecule has 1 aliphatic carbocycles. The molecule has 0 unspecified atom stereocenters. The molecule has 0 aromatic heterocycles. The number of nitrogens with zero attached hydrogens (tertiary/aromatic N) is 1. The van der Waals surface area contributed by atoms with E-state index in [1.807, 2.05) is 24.3 Å². The second-order valence-electron chi connectivity index (χ2n) is 5.94. The number of nitro groups is 1. The average Bonchev–Trinajstić information content (AvgIpc) is 3.44. The summed E-state index contributed by atoms with van der Waals surface area (Å²) in [4.78, 5) is 23.1. The molecule has 1 amide bonds. The molecule has 2 N–H and O–H groups in total. The van der Waals surface area contributed by atoms with E-state index in [1.165, 1.54) is 6.07 Å². The van der Waals surface area contributed by atoms with E-state index < -0.39 is 4.92 Å². The lowest BCUT2D eigenvalue weighted by Crippen LogP contribution is -2.23. The van der Waals surface area contributed by atoms with E-state index in [0.29, 0.717) is 18.3 Å².